The SMILES string of the molecule is c1cc(-n2c3ccc(-n4c5ccccc5c5ccccc54)cc3c3c4ccccc4[se]c32)cc(-n2c3ccccc3n3c4ccccc4nc23)c1. The Hall–Kier alpha value is -6.33. The number of para-hydroxylation sites is 6. The minimum absolute atomic E-state index is 0.155. The van der Waals surface area contributed by atoms with Gasteiger partial charge in [0.15, 0.2) is 0 Å². The molecule has 0 aliphatic rings. The molecule has 0 saturated carbocycles. The fourth-order valence-electron chi connectivity index (χ4n) is 8.45. The third kappa shape index (κ3) is 3.67. The van der Waals surface area contributed by atoms with Crippen LogP contribution in [0.15, 0.2) is 164 Å². The molecule has 0 saturated heterocycles. The molecule has 5 heterocycles. The Bertz CT molecular complexity index is 3330. The van der Waals surface area contributed by atoms with E-state index in [1.165, 1.54) is 57.8 Å². The molecule has 5 aromatic heterocycles. The standard InChI is InChI=1S/C45H27N5Se/c1-5-18-36-31(14-1)32-15-2-6-19-37(32)47(36)30-24-25-38-34(27-30)43-33-16-3-10-23-42(33)51-44(43)48(38)28-12-11-13-29(26-28)49-40-21-8-9-22-41(40)50-39-20-7-4-17-35(39)46-45(49)50/h1-27H. The monoisotopic (exact) mass is 717 g/mol. The fraction of sp³-hybridized carbons (Fsp3) is 0. The molecule has 5 nitrogen and oxygen atoms in total. The summed E-state index contributed by atoms with van der Waals surface area (Å²) in [6.07, 6.45) is 0. The van der Waals surface area contributed by atoms with Gasteiger partial charge in [-0.2, -0.15) is 0 Å². The van der Waals surface area contributed by atoms with Crippen molar-refractivity contribution in [3.63, 3.8) is 0 Å². The van der Waals surface area contributed by atoms with Crippen LogP contribution in [-0.4, -0.2) is 37.6 Å². The number of hydrogen-bond donors (Lipinski definition) is 0. The van der Waals surface area contributed by atoms with Crippen LogP contribution >= 0.6 is 0 Å². The zero-order chi connectivity index (χ0) is 33.2. The molecule has 0 atom stereocenters. The number of hydrogen-bond acceptors (Lipinski definition) is 1. The van der Waals surface area contributed by atoms with Crippen molar-refractivity contribution in [2.75, 3.05) is 0 Å². The summed E-state index contributed by atoms with van der Waals surface area (Å²) in [5.74, 6) is 0.921. The molecular formula is C45H27N5Se. The van der Waals surface area contributed by atoms with E-state index in [2.05, 4.69) is 182 Å². The van der Waals surface area contributed by atoms with Crippen molar-refractivity contribution < 1.29 is 0 Å². The summed E-state index contributed by atoms with van der Waals surface area (Å²) in [5.41, 5.74) is 11.5. The van der Waals surface area contributed by atoms with E-state index in [0.717, 1.165) is 39.2 Å². The van der Waals surface area contributed by atoms with Crippen LogP contribution in [0.4, 0.5) is 0 Å². The summed E-state index contributed by atoms with van der Waals surface area (Å²) < 4.78 is 12.4. The number of imidazole rings is 2. The van der Waals surface area contributed by atoms with Crippen LogP contribution in [-0.2, 0) is 0 Å². The van der Waals surface area contributed by atoms with E-state index in [0.29, 0.717) is 0 Å². The molecule has 7 aromatic carbocycles. The molecule has 238 valence electrons. The molecule has 0 aliphatic heterocycles. The Morgan fingerprint density at radius 3 is 1.76 bits per heavy atom. The molecule has 0 radical (unpaired) electrons. The van der Waals surface area contributed by atoms with E-state index in [1.54, 1.807) is 0 Å². The van der Waals surface area contributed by atoms with Gasteiger partial charge in [-0.05, 0) is 0 Å². The summed E-state index contributed by atoms with van der Waals surface area (Å²) in [6.45, 7) is 0. The molecule has 0 aliphatic carbocycles. The third-order valence-corrected chi connectivity index (χ3v) is 13.0. The second kappa shape index (κ2) is 10.1. The van der Waals surface area contributed by atoms with E-state index in [4.69, 9.17) is 4.98 Å². The molecular weight excluding hydrogens is 689 g/mol. The van der Waals surface area contributed by atoms with Crippen LogP contribution in [0, 0.1) is 0 Å². The Kier molecular flexibility index (Phi) is 5.45. The maximum absolute atomic E-state index is 5.15. The normalized spacial score (nSPS) is 12.3. The number of aromatic nitrogens is 5. The number of rotatable bonds is 3. The zero-order valence-electron chi connectivity index (χ0n) is 27.2. The quantitative estimate of drug-likeness (QED) is 0.168. The first-order valence-corrected chi connectivity index (χ1v) is 18.9. The van der Waals surface area contributed by atoms with Gasteiger partial charge in [-0.25, -0.2) is 0 Å². The van der Waals surface area contributed by atoms with Gasteiger partial charge in [0.25, 0.3) is 0 Å². The van der Waals surface area contributed by atoms with Gasteiger partial charge in [-0.3, -0.25) is 0 Å². The number of nitrogens with zero attached hydrogens (tertiary/aromatic N) is 5. The number of benzene rings is 7. The second-order valence-electron chi connectivity index (χ2n) is 13.3. The van der Waals surface area contributed by atoms with Crippen LogP contribution in [0.2, 0.25) is 0 Å². The summed E-state index contributed by atoms with van der Waals surface area (Å²) in [4.78, 5) is 5.15. The van der Waals surface area contributed by atoms with Crippen LogP contribution in [0.25, 0.3) is 97.0 Å². The van der Waals surface area contributed by atoms with Gasteiger partial charge in [0.2, 0.25) is 0 Å². The summed E-state index contributed by atoms with van der Waals surface area (Å²) in [6, 6.07) is 59.6. The van der Waals surface area contributed by atoms with Crippen molar-refractivity contribution in [1.29, 1.82) is 0 Å². The summed E-state index contributed by atoms with van der Waals surface area (Å²) in [5, 5.41) is 6.56. The molecule has 12 aromatic rings. The van der Waals surface area contributed by atoms with E-state index < -0.39 is 0 Å². The van der Waals surface area contributed by atoms with Gasteiger partial charge in [-0.15, -0.1) is 0 Å². The predicted molar refractivity (Wildman–Crippen MR) is 213 cm³/mol. The average Bonchev–Trinajstić information content (AvgIpc) is 3.97. The first-order chi connectivity index (χ1) is 25.3. The van der Waals surface area contributed by atoms with Gasteiger partial charge in [0.1, 0.15) is 0 Å². The molecule has 6 heteroatoms. The van der Waals surface area contributed by atoms with Crippen molar-refractivity contribution in [2.45, 2.75) is 0 Å². The van der Waals surface area contributed by atoms with Crippen LogP contribution in [0.3, 0.4) is 0 Å². The Balaban J connectivity index is 1.14. The van der Waals surface area contributed by atoms with Crippen LogP contribution in [0.5, 0.6) is 0 Å². The fourth-order valence-corrected chi connectivity index (χ4v) is 11.1. The molecule has 12 rings (SSSR count). The molecule has 0 spiro atoms. The molecule has 0 fully saturated rings. The van der Waals surface area contributed by atoms with Gasteiger partial charge < -0.3 is 0 Å². The Morgan fingerprint density at radius 1 is 0.392 bits per heavy atom. The van der Waals surface area contributed by atoms with Crippen molar-refractivity contribution in [3.8, 4) is 17.1 Å². The molecule has 51 heavy (non-hydrogen) atoms. The van der Waals surface area contributed by atoms with Crippen molar-refractivity contribution in [2.24, 2.45) is 0 Å². The van der Waals surface area contributed by atoms with E-state index in [1.807, 2.05) is 0 Å². The van der Waals surface area contributed by atoms with E-state index in [-0.39, 0.29) is 14.5 Å². The van der Waals surface area contributed by atoms with Crippen LogP contribution < -0.4 is 0 Å². The Morgan fingerprint density at radius 2 is 0.980 bits per heavy atom. The van der Waals surface area contributed by atoms with Crippen molar-refractivity contribution in [3.05, 3.63) is 164 Å². The molecule has 0 bridgehead atoms. The second-order valence-corrected chi connectivity index (χ2v) is 15.4. The first kappa shape index (κ1) is 27.5. The summed E-state index contributed by atoms with van der Waals surface area (Å²) >= 11 is 0.155. The van der Waals surface area contributed by atoms with Gasteiger partial charge >= 0.3 is 298 Å². The zero-order valence-corrected chi connectivity index (χ0v) is 28.9. The topological polar surface area (TPSA) is 32.1 Å². The van der Waals surface area contributed by atoms with Gasteiger partial charge in [0, 0.05) is 0 Å². The van der Waals surface area contributed by atoms with Crippen LogP contribution in [0.1, 0.15) is 0 Å². The third-order valence-electron chi connectivity index (χ3n) is 10.6. The maximum atomic E-state index is 5.15. The first-order valence-electron chi connectivity index (χ1n) is 17.2. The molecule has 0 amide bonds. The van der Waals surface area contributed by atoms with Gasteiger partial charge in [-0.1, -0.05) is 0 Å². The van der Waals surface area contributed by atoms with E-state index in [9.17, 15) is 0 Å². The molecule has 0 unspecified atom stereocenters. The van der Waals surface area contributed by atoms with E-state index >= 15 is 0 Å². The number of fused-ring (bicyclic) bond motifs is 13. The Labute approximate surface area is 297 Å². The van der Waals surface area contributed by atoms with Crippen molar-refractivity contribution >= 4 is 94.5 Å². The minimum atomic E-state index is 0.155. The average molecular weight is 717 g/mol. The van der Waals surface area contributed by atoms with Gasteiger partial charge in [0.05, 0.1) is 0 Å². The van der Waals surface area contributed by atoms with Crippen molar-refractivity contribution in [1.82, 2.24) is 23.1 Å². The summed E-state index contributed by atoms with van der Waals surface area (Å²) in [7, 11) is 0. The predicted octanol–water partition coefficient (Wildman–Crippen LogP) is 10.8. The molecule has 0 N–H and O–H groups in total.